The number of nitrogens with zero attached hydrogens (tertiary/aromatic N) is 6. The maximum atomic E-state index is 15.0. The molecule has 0 amide bonds. The zero-order valence-corrected chi connectivity index (χ0v) is 15.7. The van der Waals surface area contributed by atoms with Crippen molar-refractivity contribution >= 4 is 16.6 Å². The van der Waals surface area contributed by atoms with Crippen LogP contribution in [0.25, 0.3) is 27.8 Å². The highest BCUT2D eigenvalue weighted by molar-refractivity contribution is 5.80. The summed E-state index contributed by atoms with van der Waals surface area (Å²) in [7, 11) is 0. The van der Waals surface area contributed by atoms with Crippen LogP contribution in [0.3, 0.4) is 0 Å². The molecule has 4 heterocycles. The summed E-state index contributed by atoms with van der Waals surface area (Å²) in [5, 5.41) is 18.1. The topological polar surface area (TPSA) is 81.1 Å². The highest BCUT2D eigenvalue weighted by Gasteiger charge is 2.17. The lowest BCUT2D eigenvalue weighted by atomic mass is 10.0. The monoisotopic (exact) mass is 406 g/mol. The Balaban J connectivity index is 1.56. The number of halogens is 2. The molecule has 0 atom stereocenters. The van der Waals surface area contributed by atoms with E-state index in [-0.39, 0.29) is 29.5 Å². The minimum absolute atomic E-state index is 0.0100. The van der Waals surface area contributed by atoms with Gasteiger partial charge in [0.25, 0.3) is 0 Å². The molecule has 0 bridgehead atoms. The van der Waals surface area contributed by atoms with Gasteiger partial charge in [-0.25, -0.2) is 18.3 Å². The maximum absolute atomic E-state index is 15.0. The van der Waals surface area contributed by atoms with E-state index in [1.807, 2.05) is 0 Å². The predicted octanol–water partition coefficient (Wildman–Crippen LogP) is 3.00. The van der Waals surface area contributed by atoms with Crippen molar-refractivity contribution in [1.29, 1.82) is 0 Å². The Labute approximate surface area is 169 Å². The van der Waals surface area contributed by atoms with Crippen molar-refractivity contribution in [3.8, 4) is 11.3 Å². The molecular formula is C21H16F2N6O. The van der Waals surface area contributed by atoms with E-state index in [0.717, 1.165) is 5.56 Å². The van der Waals surface area contributed by atoms with Gasteiger partial charge in [0.1, 0.15) is 11.6 Å². The first-order valence-corrected chi connectivity index (χ1v) is 9.33. The second kappa shape index (κ2) is 7.27. The minimum atomic E-state index is -0.657. The number of benzene rings is 1. The van der Waals surface area contributed by atoms with Crippen molar-refractivity contribution in [2.45, 2.75) is 13.0 Å². The van der Waals surface area contributed by atoms with Crippen LogP contribution in [0.15, 0.2) is 55.1 Å². The molecule has 1 aromatic carbocycles. The third-order valence-corrected chi connectivity index (χ3v) is 4.94. The number of aromatic nitrogens is 6. The summed E-state index contributed by atoms with van der Waals surface area (Å²) >= 11 is 0. The van der Waals surface area contributed by atoms with Crippen molar-refractivity contribution in [3.05, 3.63) is 78.0 Å². The molecule has 0 saturated heterocycles. The normalized spacial score (nSPS) is 11.6. The average Bonchev–Trinajstić information content (AvgIpc) is 3.38. The van der Waals surface area contributed by atoms with Gasteiger partial charge in [0.2, 0.25) is 0 Å². The highest BCUT2D eigenvalue weighted by Crippen LogP contribution is 2.25. The van der Waals surface area contributed by atoms with Crippen molar-refractivity contribution < 1.29 is 13.9 Å². The van der Waals surface area contributed by atoms with E-state index in [9.17, 15) is 8.78 Å². The lowest BCUT2D eigenvalue weighted by molar-refractivity contribution is 0.269. The number of aliphatic hydroxyl groups is 1. The van der Waals surface area contributed by atoms with Crippen LogP contribution in [0.4, 0.5) is 8.78 Å². The average molecular weight is 406 g/mol. The zero-order valence-electron chi connectivity index (χ0n) is 15.7. The Morgan fingerprint density at radius 1 is 1.07 bits per heavy atom. The minimum Gasteiger partial charge on any atom is -0.394 e. The van der Waals surface area contributed by atoms with Crippen LogP contribution < -0.4 is 0 Å². The molecule has 0 fully saturated rings. The summed E-state index contributed by atoms with van der Waals surface area (Å²) in [5.41, 5.74) is 2.74. The molecule has 5 rings (SSSR count). The third kappa shape index (κ3) is 3.09. The fourth-order valence-corrected chi connectivity index (χ4v) is 3.45. The summed E-state index contributed by atoms with van der Waals surface area (Å²) in [6.45, 7) is 0.367. The molecular weight excluding hydrogens is 390 g/mol. The van der Waals surface area contributed by atoms with Gasteiger partial charge in [0.05, 0.1) is 42.4 Å². The molecule has 0 saturated carbocycles. The van der Waals surface area contributed by atoms with Crippen molar-refractivity contribution in [1.82, 2.24) is 29.4 Å². The van der Waals surface area contributed by atoms with Crippen molar-refractivity contribution in [2.24, 2.45) is 0 Å². The number of hydrogen-bond acceptors (Lipinski definition) is 5. The molecule has 30 heavy (non-hydrogen) atoms. The standard InChI is InChI=1S/C21H16F2N6O/c22-17-9-19-15(2-1-5-24-19)21(23)16(17)8-14-11-25-20-4-3-18(27-29(14)20)13-10-26-28(12-13)6-7-30/h1-5,9-12,30H,6-8H2. The van der Waals surface area contributed by atoms with Gasteiger partial charge in [0.15, 0.2) is 5.65 Å². The van der Waals surface area contributed by atoms with Gasteiger partial charge in [-0.3, -0.25) is 9.67 Å². The van der Waals surface area contributed by atoms with Crippen LogP contribution in [-0.4, -0.2) is 41.1 Å². The Hall–Kier alpha value is -3.72. The van der Waals surface area contributed by atoms with E-state index in [2.05, 4.69) is 20.2 Å². The fourth-order valence-electron chi connectivity index (χ4n) is 3.45. The van der Waals surface area contributed by atoms with Gasteiger partial charge in [-0.15, -0.1) is 0 Å². The SMILES string of the molecule is OCCn1cc(-c2ccc3ncc(Cc4c(F)cc5ncccc5c4F)n3n2)cn1. The summed E-state index contributed by atoms with van der Waals surface area (Å²) in [5.74, 6) is -1.29. The van der Waals surface area contributed by atoms with Gasteiger partial charge in [-0.1, -0.05) is 0 Å². The van der Waals surface area contributed by atoms with Crippen LogP contribution in [-0.2, 0) is 13.0 Å². The highest BCUT2D eigenvalue weighted by atomic mass is 19.1. The van der Waals surface area contributed by atoms with Gasteiger partial charge in [-0.2, -0.15) is 10.2 Å². The van der Waals surface area contributed by atoms with Crippen LogP contribution in [0, 0.1) is 11.6 Å². The number of fused-ring (bicyclic) bond motifs is 2. The Morgan fingerprint density at radius 2 is 1.97 bits per heavy atom. The molecule has 5 aromatic rings. The molecule has 0 spiro atoms. The first-order valence-electron chi connectivity index (χ1n) is 9.33. The molecule has 1 N–H and O–H groups in total. The fraction of sp³-hybridized carbons (Fsp3) is 0.143. The van der Waals surface area contributed by atoms with E-state index < -0.39 is 11.6 Å². The quantitative estimate of drug-likeness (QED) is 0.485. The smallest absolute Gasteiger partial charge is 0.153 e. The summed E-state index contributed by atoms with van der Waals surface area (Å²) in [4.78, 5) is 8.31. The Kier molecular flexibility index (Phi) is 4.44. The number of hydrogen-bond donors (Lipinski definition) is 1. The second-order valence-electron chi connectivity index (χ2n) is 6.85. The number of rotatable bonds is 5. The molecule has 0 radical (unpaired) electrons. The van der Waals surface area contributed by atoms with E-state index in [4.69, 9.17) is 5.11 Å². The van der Waals surface area contributed by atoms with E-state index in [1.165, 1.54) is 12.3 Å². The van der Waals surface area contributed by atoms with Gasteiger partial charge in [0, 0.05) is 41.4 Å². The van der Waals surface area contributed by atoms with Gasteiger partial charge in [-0.05, 0) is 24.3 Å². The van der Waals surface area contributed by atoms with Crippen molar-refractivity contribution in [3.63, 3.8) is 0 Å². The van der Waals surface area contributed by atoms with Crippen LogP contribution in [0.2, 0.25) is 0 Å². The van der Waals surface area contributed by atoms with Crippen LogP contribution in [0.1, 0.15) is 11.3 Å². The Morgan fingerprint density at radius 3 is 2.83 bits per heavy atom. The summed E-state index contributed by atoms with van der Waals surface area (Å²) in [6, 6.07) is 8.02. The molecule has 150 valence electrons. The van der Waals surface area contributed by atoms with E-state index in [1.54, 1.807) is 52.1 Å². The van der Waals surface area contributed by atoms with Crippen LogP contribution in [0.5, 0.6) is 0 Å². The lowest BCUT2D eigenvalue weighted by Crippen LogP contribution is -2.04. The molecule has 0 unspecified atom stereocenters. The van der Waals surface area contributed by atoms with Crippen molar-refractivity contribution in [2.75, 3.05) is 6.61 Å². The molecule has 9 heteroatoms. The van der Waals surface area contributed by atoms with Gasteiger partial charge >= 0.3 is 0 Å². The lowest BCUT2D eigenvalue weighted by Gasteiger charge is -2.08. The number of imidazole rings is 1. The zero-order chi connectivity index (χ0) is 20.7. The molecule has 0 aliphatic carbocycles. The van der Waals surface area contributed by atoms with E-state index in [0.29, 0.717) is 23.6 Å². The number of aliphatic hydroxyl groups excluding tert-OH is 1. The number of pyridine rings is 1. The molecule has 4 aromatic heterocycles. The Bertz CT molecular complexity index is 1380. The molecule has 0 aliphatic rings. The largest absolute Gasteiger partial charge is 0.394 e. The second-order valence-corrected chi connectivity index (χ2v) is 6.85. The maximum Gasteiger partial charge on any atom is 0.153 e. The summed E-state index contributed by atoms with van der Waals surface area (Å²) < 4.78 is 32.8. The molecule has 7 nitrogen and oxygen atoms in total. The predicted molar refractivity (Wildman–Crippen MR) is 106 cm³/mol. The third-order valence-electron chi connectivity index (χ3n) is 4.94. The van der Waals surface area contributed by atoms with Crippen LogP contribution >= 0.6 is 0 Å². The molecule has 0 aliphatic heterocycles. The van der Waals surface area contributed by atoms with Gasteiger partial charge < -0.3 is 5.11 Å². The summed E-state index contributed by atoms with van der Waals surface area (Å²) in [6.07, 6.45) is 6.48. The van der Waals surface area contributed by atoms with E-state index >= 15 is 0 Å². The first-order chi connectivity index (χ1) is 14.6. The first kappa shape index (κ1) is 18.3.